The summed E-state index contributed by atoms with van der Waals surface area (Å²) in [7, 11) is 0. The molecular formula is C16H15ClN2O3. The molecule has 1 aromatic heterocycles. The van der Waals surface area contributed by atoms with E-state index in [1.54, 1.807) is 24.4 Å². The lowest BCUT2D eigenvalue weighted by Gasteiger charge is -2.22. The number of hydrogen-bond acceptors (Lipinski definition) is 4. The van der Waals surface area contributed by atoms with Gasteiger partial charge < -0.3 is 14.8 Å². The van der Waals surface area contributed by atoms with Gasteiger partial charge in [-0.1, -0.05) is 11.6 Å². The molecule has 1 N–H and O–H groups in total. The number of fused-ring (bicyclic) bond motifs is 1. The predicted octanol–water partition coefficient (Wildman–Crippen LogP) is 3.00. The number of carbonyl (C=O) groups excluding carboxylic acids is 1. The summed E-state index contributed by atoms with van der Waals surface area (Å²) in [6, 6.07) is 6.69. The number of hydrogen-bond donors (Lipinski definition) is 1. The lowest BCUT2D eigenvalue weighted by atomic mass is 10.1. The van der Waals surface area contributed by atoms with Gasteiger partial charge in [0.05, 0.1) is 11.6 Å². The zero-order valence-electron chi connectivity index (χ0n) is 12.0. The lowest BCUT2D eigenvalue weighted by molar-refractivity contribution is 0.0939. The van der Waals surface area contributed by atoms with E-state index in [9.17, 15) is 4.79 Å². The van der Waals surface area contributed by atoms with Gasteiger partial charge in [-0.05, 0) is 30.7 Å². The Bertz CT molecular complexity index is 691. The van der Waals surface area contributed by atoms with Crippen LogP contribution >= 0.6 is 11.6 Å². The first-order valence-corrected chi connectivity index (χ1v) is 7.33. The maximum atomic E-state index is 12.2. The maximum Gasteiger partial charge on any atom is 0.253 e. The predicted molar refractivity (Wildman–Crippen MR) is 82.6 cm³/mol. The number of halogens is 1. The summed E-state index contributed by atoms with van der Waals surface area (Å²) >= 11 is 6.29. The van der Waals surface area contributed by atoms with E-state index >= 15 is 0 Å². The van der Waals surface area contributed by atoms with E-state index in [0.717, 1.165) is 5.56 Å². The van der Waals surface area contributed by atoms with Crippen molar-refractivity contribution in [3.05, 3.63) is 52.8 Å². The quantitative estimate of drug-likeness (QED) is 0.945. The van der Waals surface area contributed by atoms with Crippen molar-refractivity contribution < 1.29 is 14.3 Å². The topological polar surface area (TPSA) is 60.5 Å². The SMILES string of the molecule is CC(NC(=O)c1cccnc1)c1cc2c(cc1Cl)OCCO2. The Morgan fingerprint density at radius 1 is 1.32 bits per heavy atom. The highest BCUT2D eigenvalue weighted by Gasteiger charge is 2.19. The van der Waals surface area contributed by atoms with Crippen LogP contribution in [0.1, 0.15) is 28.9 Å². The summed E-state index contributed by atoms with van der Waals surface area (Å²) in [5, 5.41) is 3.43. The standard InChI is InChI=1S/C16H15ClN2O3/c1-10(19-16(20)11-3-2-4-18-9-11)12-7-14-15(8-13(12)17)22-6-5-21-14/h2-4,7-10H,5-6H2,1H3,(H,19,20). The van der Waals surface area contributed by atoms with Crippen LogP contribution in [0.4, 0.5) is 0 Å². The summed E-state index contributed by atoms with van der Waals surface area (Å²) in [6.07, 6.45) is 3.14. The molecule has 1 aliphatic rings. The van der Waals surface area contributed by atoms with Crippen LogP contribution in [0.25, 0.3) is 0 Å². The monoisotopic (exact) mass is 318 g/mol. The minimum Gasteiger partial charge on any atom is -0.486 e. The maximum absolute atomic E-state index is 12.2. The van der Waals surface area contributed by atoms with Crippen LogP contribution in [-0.4, -0.2) is 24.1 Å². The van der Waals surface area contributed by atoms with Crippen molar-refractivity contribution in [3.8, 4) is 11.5 Å². The molecule has 0 spiro atoms. The third-order valence-corrected chi connectivity index (χ3v) is 3.73. The Hall–Kier alpha value is -2.27. The fourth-order valence-corrected chi connectivity index (χ4v) is 2.58. The number of nitrogens with one attached hydrogen (secondary N) is 1. The van der Waals surface area contributed by atoms with Crippen LogP contribution in [0.2, 0.25) is 5.02 Å². The first-order chi connectivity index (χ1) is 10.6. The molecule has 1 aromatic carbocycles. The van der Waals surface area contributed by atoms with Crippen molar-refractivity contribution in [3.63, 3.8) is 0 Å². The van der Waals surface area contributed by atoms with Gasteiger partial charge in [0.25, 0.3) is 5.91 Å². The highest BCUT2D eigenvalue weighted by molar-refractivity contribution is 6.31. The molecule has 3 rings (SSSR count). The van der Waals surface area contributed by atoms with Crippen molar-refractivity contribution in [2.45, 2.75) is 13.0 Å². The zero-order chi connectivity index (χ0) is 15.5. The van der Waals surface area contributed by atoms with Gasteiger partial charge in [0.1, 0.15) is 13.2 Å². The smallest absolute Gasteiger partial charge is 0.253 e. The molecule has 5 nitrogen and oxygen atoms in total. The van der Waals surface area contributed by atoms with E-state index in [4.69, 9.17) is 21.1 Å². The lowest BCUT2D eigenvalue weighted by Crippen LogP contribution is -2.27. The number of ether oxygens (including phenoxy) is 2. The minimum absolute atomic E-state index is 0.202. The molecule has 22 heavy (non-hydrogen) atoms. The zero-order valence-corrected chi connectivity index (χ0v) is 12.8. The third kappa shape index (κ3) is 2.99. The summed E-state index contributed by atoms with van der Waals surface area (Å²) in [4.78, 5) is 16.1. The summed E-state index contributed by atoms with van der Waals surface area (Å²) in [6.45, 7) is 2.88. The summed E-state index contributed by atoms with van der Waals surface area (Å²) < 4.78 is 11.0. The largest absolute Gasteiger partial charge is 0.486 e. The van der Waals surface area contributed by atoms with Crippen LogP contribution in [0.15, 0.2) is 36.7 Å². The molecule has 2 heterocycles. The second kappa shape index (κ2) is 6.23. The first-order valence-electron chi connectivity index (χ1n) is 6.95. The number of carbonyl (C=O) groups is 1. The second-order valence-corrected chi connectivity index (χ2v) is 5.36. The molecule has 0 saturated heterocycles. The van der Waals surface area contributed by atoms with Crippen LogP contribution in [0.3, 0.4) is 0 Å². The van der Waals surface area contributed by atoms with Gasteiger partial charge in [-0.15, -0.1) is 0 Å². The van der Waals surface area contributed by atoms with E-state index in [2.05, 4.69) is 10.3 Å². The van der Waals surface area contributed by atoms with Crippen molar-refractivity contribution >= 4 is 17.5 Å². The number of rotatable bonds is 3. The number of benzene rings is 1. The van der Waals surface area contributed by atoms with Crippen molar-refractivity contribution in [2.24, 2.45) is 0 Å². The van der Waals surface area contributed by atoms with Gasteiger partial charge >= 0.3 is 0 Å². The molecule has 0 fully saturated rings. The van der Waals surface area contributed by atoms with Gasteiger partial charge in [-0.3, -0.25) is 9.78 Å². The molecule has 0 radical (unpaired) electrons. The van der Waals surface area contributed by atoms with Crippen LogP contribution in [-0.2, 0) is 0 Å². The number of amides is 1. The van der Waals surface area contributed by atoms with Crippen LogP contribution in [0, 0.1) is 0 Å². The van der Waals surface area contributed by atoms with E-state index in [0.29, 0.717) is 35.3 Å². The fourth-order valence-electron chi connectivity index (χ4n) is 2.27. The number of pyridine rings is 1. The van der Waals surface area contributed by atoms with Crippen LogP contribution in [0.5, 0.6) is 11.5 Å². The highest BCUT2D eigenvalue weighted by Crippen LogP contribution is 2.37. The highest BCUT2D eigenvalue weighted by atomic mass is 35.5. The fraction of sp³-hybridized carbons (Fsp3) is 0.250. The molecule has 114 valence electrons. The van der Waals surface area contributed by atoms with E-state index in [1.165, 1.54) is 6.20 Å². The molecule has 0 bridgehead atoms. The molecule has 1 amide bonds. The van der Waals surface area contributed by atoms with Crippen molar-refractivity contribution in [1.82, 2.24) is 10.3 Å². The Morgan fingerprint density at radius 2 is 2.05 bits per heavy atom. The number of nitrogens with zero attached hydrogens (tertiary/aromatic N) is 1. The summed E-state index contributed by atoms with van der Waals surface area (Å²) in [5.74, 6) is 1.07. The Kier molecular flexibility index (Phi) is 4.15. The first kappa shape index (κ1) is 14.7. The molecule has 2 aromatic rings. The van der Waals surface area contributed by atoms with E-state index in [-0.39, 0.29) is 11.9 Å². The summed E-state index contributed by atoms with van der Waals surface area (Å²) in [5.41, 5.74) is 1.28. The normalized spacial score (nSPS) is 14.3. The van der Waals surface area contributed by atoms with E-state index < -0.39 is 0 Å². The molecule has 1 atom stereocenters. The van der Waals surface area contributed by atoms with Gasteiger partial charge in [0, 0.05) is 23.5 Å². The van der Waals surface area contributed by atoms with Crippen LogP contribution < -0.4 is 14.8 Å². The Balaban J connectivity index is 1.80. The van der Waals surface area contributed by atoms with Gasteiger partial charge in [0.15, 0.2) is 11.5 Å². The molecule has 0 aliphatic carbocycles. The van der Waals surface area contributed by atoms with Gasteiger partial charge in [0.2, 0.25) is 0 Å². The van der Waals surface area contributed by atoms with Crippen molar-refractivity contribution in [1.29, 1.82) is 0 Å². The average molecular weight is 319 g/mol. The Morgan fingerprint density at radius 3 is 2.73 bits per heavy atom. The Labute approximate surface area is 133 Å². The molecule has 1 aliphatic heterocycles. The van der Waals surface area contributed by atoms with E-state index in [1.807, 2.05) is 13.0 Å². The van der Waals surface area contributed by atoms with Gasteiger partial charge in [-0.25, -0.2) is 0 Å². The number of aromatic nitrogens is 1. The molecule has 0 saturated carbocycles. The van der Waals surface area contributed by atoms with Gasteiger partial charge in [-0.2, -0.15) is 0 Å². The molecule has 1 unspecified atom stereocenters. The minimum atomic E-state index is -0.268. The average Bonchev–Trinajstić information content (AvgIpc) is 2.54. The second-order valence-electron chi connectivity index (χ2n) is 4.95. The molecule has 6 heteroatoms. The molecular weight excluding hydrogens is 304 g/mol. The third-order valence-electron chi connectivity index (χ3n) is 3.40. The van der Waals surface area contributed by atoms with Crippen molar-refractivity contribution in [2.75, 3.05) is 13.2 Å².